The lowest BCUT2D eigenvalue weighted by Gasteiger charge is -2.06. The van der Waals surface area contributed by atoms with Crippen LogP contribution in [-0.2, 0) is 19.5 Å². The second kappa shape index (κ2) is 9.41. The first-order chi connectivity index (χ1) is 15.5. The van der Waals surface area contributed by atoms with Crippen molar-refractivity contribution >= 4 is 11.3 Å². The minimum atomic E-state index is -1.84. The number of aryl methyl sites for hydroxylation is 1. The SMILES string of the molecule is CCn1cc(-c2cccc(-c3csc(Cn4c(CC(CN)=C(F)F)n[nH]c4=O)c3)c2)cn1. The van der Waals surface area contributed by atoms with E-state index in [1.165, 1.54) is 15.9 Å². The van der Waals surface area contributed by atoms with Crippen LogP contribution >= 0.6 is 11.3 Å². The molecular formula is C22H22F2N6OS. The second-order valence-corrected chi connectivity index (χ2v) is 8.24. The predicted octanol–water partition coefficient (Wildman–Crippen LogP) is 3.88. The van der Waals surface area contributed by atoms with E-state index in [0.717, 1.165) is 33.7 Å². The molecule has 0 spiro atoms. The summed E-state index contributed by atoms with van der Waals surface area (Å²) >= 11 is 1.50. The maximum Gasteiger partial charge on any atom is 0.343 e. The molecule has 0 aliphatic heterocycles. The van der Waals surface area contributed by atoms with Gasteiger partial charge in [-0.15, -0.1) is 11.3 Å². The van der Waals surface area contributed by atoms with E-state index < -0.39 is 11.8 Å². The zero-order valence-corrected chi connectivity index (χ0v) is 18.2. The lowest BCUT2D eigenvalue weighted by Crippen LogP contribution is -2.20. The average molecular weight is 457 g/mol. The van der Waals surface area contributed by atoms with E-state index in [-0.39, 0.29) is 30.9 Å². The Bertz CT molecular complexity index is 1310. The topological polar surface area (TPSA) is 94.5 Å². The number of benzene rings is 1. The molecule has 10 heteroatoms. The quantitative estimate of drug-likeness (QED) is 0.421. The van der Waals surface area contributed by atoms with Gasteiger partial charge in [0.1, 0.15) is 5.82 Å². The summed E-state index contributed by atoms with van der Waals surface area (Å²) in [6.07, 6.45) is 1.84. The van der Waals surface area contributed by atoms with Crippen LogP contribution in [0, 0.1) is 0 Å². The van der Waals surface area contributed by atoms with Crippen LogP contribution in [0.3, 0.4) is 0 Å². The number of halogens is 2. The highest BCUT2D eigenvalue weighted by Gasteiger charge is 2.15. The Morgan fingerprint density at radius 2 is 1.97 bits per heavy atom. The third-order valence-electron chi connectivity index (χ3n) is 5.18. The number of rotatable bonds is 8. The molecule has 0 unspecified atom stereocenters. The minimum absolute atomic E-state index is 0.177. The summed E-state index contributed by atoms with van der Waals surface area (Å²) in [6.45, 7) is 2.80. The fourth-order valence-electron chi connectivity index (χ4n) is 3.39. The number of aromatic nitrogens is 5. The van der Waals surface area contributed by atoms with E-state index in [9.17, 15) is 13.6 Å². The van der Waals surface area contributed by atoms with Crippen LogP contribution in [0.1, 0.15) is 17.6 Å². The molecule has 0 atom stereocenters. The van der Waals surface area contributed by atoms with Crippen molar-refractivity contribution in [2.24, 2.45) is 5.73 Å². The predicted molar refractivity (Wildman–Crippen MR) is 121 cm³/mol. The van der Waals surface area contributed by atoms with Gasteiger partial charge in [-0.05, 0) is 41.1 Å². The van der Waals surface area contributed by atoms with E-state index in [4.69, 9.17) is 5.73 Å². The number of nitrogens with two attached hydrogens (primary N) is 1. The third kappa shape index (κ3) is 4.61. The van der Waals surface area contributed by atoms with E-state index in [2.05, 4.69) is 21.4 Å². The van der Waals surface area contributed by atoms with Crippen LogP contribution in [-0.4, -0.2) is 31.1 Å². The first kappa shape index (κ1) is 21.8. The molecule has 0 amide bonds. The molecule has 7 nitrogen and oxygen atoms in total. The average Bonchev–Trinajstić information content (AvgIpc) is 3.54. The van der Waals surface area contributed by atoms with Crippen molar-refractivity contribution < 1.29 is 8.78 Å². The molecule has 1 aromatic carbocycles. The van der Waals surface area contributed by atoms with Gasteiger partial charge < -0.3 is 5.73 Å². The molecular weight excluding hydrogens is 434 g/mol. The van der Waals surface area contributed by atoms with Crippen molar-refractivity contribution in [2.45, 2.75) is 26.4 Å². The van der Waals surface area contributed by atoms with Gasteiger partial charge in [0.25, 0.3) is 6.08 Å². The zero-order chi connectivity index (χ0) is 22.7. The summed E-state index contributed by atoms with van der Waals surface area (Å²) in [7, 11) is 0. The number of H-pyrrole nitrogens is 1. The molecule has 0 radical (unpaired) electrons. The van der Waals surface area contributed by atoms with Gasteiger partial charge in [-0.2, -0.15) is 19.0 Å². The van der Waals surface area contributed by atoms with E-state index in [1.54, 1.807) is 0 Å². The van der Waals surface area contributed by atoms with Gasteiger partial charge in [-0.25, -0.2) is 9.89 Å². The number of thiophene rings is 1. The smallest absolute Gasteiger partial charge is 0.327 e. The number of nitrogens with one attached hydrogen (secondary N) is 1. The molecule has 32 heavy (non-hydrogen) atoms. The molecule has 0 fully saturated rings. The lowest BCUT2D eigenvalue weighted by atomic mass is 10.0. The summed E-state index contributed by atoms with van der Waals surface area (Å²) in [5.74, 6) is 0.230. The van der Waals surface area contributed by atoms with Crippen molar-refractivity contribution in [2.75, 3.05) is 6.54 Å². The highest BCUT2D eigenvalue weighted by atomic mass is 32.1. The van der Waals surface area contributed by atoms with E-state index in [0.29, 0.717) is 0 Å². The Morgan fingerprint density at radius 3 is 2.66 bits per heavy atom. The van der Waals surface area contributed by atoms with Gasteiger partial charge >= 0.3 is 5.69 Å². The zero-order valence-electron chi connectivity index (χ0n) is 17.4. The molecule has 0 saturated carbocycles. The molecule has 166 valence electrons. The molecule has 4 rings (SSSR count). The molecule has 0 bridgehead atoms. The van der Waals surface area contributed by atoms with Gasteiger partial charge in [-0.3, -0.25) is 9.25 Å². The van der Waals surface area contributed by atoms with Gasteiger partial charge in [0.15, 0.2) is 0 Å². The van der Waals surface area contributed by atoms with Crippen LogP contribution in [0.2, 0.25) is 0 Å². The maximum atomic E-state index is 13.0. The highest BCUT2D eigenvalue weighted by Crippen LogP contribution is 2.30. The molecule has 3 N–H and O–H groups in total. The van der Waals surface area contributed by atoms with Crippen LogP contribution in [0.4, 0.5) is 8.78 Å². The van der Waals surface area contributed by atoms with Gasteiger partial charge in [0.2, 0.25) is 0 Å². The molecule has 0 aliphatic carbocycles. The van der Waals surface area contributed by atoms with Crippen LogP contribution in [0.5, 0.6) is 0 Å². The summed E-state index contributed by atoms with van der Waals surface area (Å²) < 4.78 is 29.2. The number of hydrogen-bond acceptors (Lipinski definition) is 5. The number of hydrogen-bond donors (Lipinski definition) is 2. The largest absolute Gasteiger partial charge is 0.343 e. The monoisotopic (exact) mass is 456 g/mol. The Morgan fingerprint density at radius 1 is 1.19 bits per heavy atom. The molecule has 0 aliphatic rings. The van der Waals surface area contributed by atoms with E-state index in [1.807, 2.05) is 53.6 Å². The van der Waals surface area contributed by atoms with Crippen molar-refractivity contribution in [3.63, 3.8) is 0 Å². The van der Waals surface area contributed by atoms with E-state index >= 15 is 0 Å². The van der Waals surface area contributed by atoms with Crippen LogP contribution in [0.15, 0.2) is 64.6 Å². The first-order valence-electron chi connectivity index (χ1n) is 10.1. The van der Waals surface area contributed by atoms with Crippen molar-refractivity contribution in [1.82, 2.24) is 24.5 Å². The van der Waals surface area contributed by atoms with Gasteiger partial charge in [-0.1, -0.05) is 18.2 Å². The highest BCUT2D eigenvalue weighted by molar-refractivity contribution is 7.10. The number of nitrogens with zero attached hydrogens (tertiary/aromatic N) is 4. The summed E-state index contributed by atoms with van der Waals surface area (Å²) in [5, 5.41) is 12.6. The second-order valence-electron chi connectivity index (χ2n) is 7.24. The van der Waals surface area contributed by atoms with Crippen LogP contribution < -0.4 is 11.4 Å². The minimum Gasteiger partial charge on any atom is -0.327 e. The molecule has 3 heterocycles. The van der Waals surface area contributed by atoms with Crippen molar-refractivity contribution in [3.8, 4) is 22.3 Å². The Kier molecular flexibility index (Phi) is 6.42. The Balaban J connectivity index is 1.57. The standard InChI is InChI=1S/C22H22F2N6OS/c1-2-29-11-18(10-26-29)15-5-3-4-14(6-15)17-7-19(32-13-17)12-30-20(27-28-22(30)31)8-16(9-25)21(23)24/h3-7,10-11,13H,2,8-9,12,25H2,1H3,(H,28,31). The molecule has 4 aromatic rings. The van der Waals surface area contributed by atoms with Gasteiger partial charge in [0.05, 0.1) is 12.7 Å². The van der Waals surface area contributed by atoms with Crippen molar-refractivity contribution in [3.05, 3.63) is 80.9 Å². The van der Waals surface area contributed by atoms with Crippen LogP contribution in [0.25, 0.3) is 22.3 Å². The lowest BCUT2D eigenvalue weighted by molar-refractivity contribution is 0.407. The summed E-state index contributed by atoms with van der Waals surface area (Å²) in [6, 6.07) is 10.2. The summed E-state index contributed by atoms with van der Waals surface area (Å²) in [4.78, 5) is 13.1. The Labute approximate surface area is 186 Å². The van der Waals surface area contributed by atoms with Crippen molar-refractivity contribution in [1.29, 1.82) is 0 Å². The molecule has 3 aromatic heterocycles. The number of aromatic amines is 1. The molecule has 0 saturated heterocycles. The fraction of sp³-hybridized carbons (Fsp3) is 0.227. The fourth-order valence-corrected chi connectivity index (χ4v) is 4.27. The summed E-state index contributed by atoms with van der Waals surface area (Å²) in [5.41, 5.74) is 8.89. The Hall–Kier alpha value is -3.37. The van der Waals surface area contributed by atoms with Gasteiger partial charge in [0, 0.05) is 41.7 Å². The third-order valence-corrected chi connectivity index (χ3v) is 6.10. The normalized spacial score (nSPS) is 11.1. The maximum absolute atomic E-state index is 13.0. The first-order valence-corrected chi connectivity index (χ1v) is 10.9.